The van der Waals surface area contributed by atoms with E-state index in [1.165, 1.54) is 12.1 Å². The van der Waals surface area contributed by atoms with Crippen molar-refractivity contribution in [2.24, 2.45) is 0 Å². The minimum atomic E-state index is -3.57. The second-order valence-corrected chi connectivity index (χ2v) is 5.94. The third-order valence-electron chi connectivity index (χ3n) is 2.88. The molecule has 5 nitrogen and oxygen atoms in total. The highest BCUT2D eigenvalue weighted by Gasteiger charge is 2.19. The zero-order valence-corrected chi connectivity index (χ0v) is 10.8. The smallest absolute Gasteiger partial charge is 0.230 e. The lowest BCUT2D eigenvalue weighted by molar-refractivity contribution is 0.200. The summed E-state index contributed by atoms with van der Waals surface area (Å²) >= 11 is 0. The first kappa shape index (κ1) is 13.0. The van der Waals surface area contributed by atoms with Crippen LogP contribution in [0.1, 0.15) is 24.8 Å². The number of hydrazine groups is 1. The summed E-state index contributed by atoms with van der Waals surface area (Å²) in [5.74, 6) is 0. The molecule has 0 aromatic heterocycles. The molecular formula is C12H15N3O2S. The Morgan fingerprint density at radius 3 is 2.61 bits per heavy atom. The Morgan fingerprint density at radius 1 is 1.22 bits per heavy atom. The lowest BCUT2D eigenvalue weighted by Crippen LogP contribution is -2.44. The summed E-state index contributed by atoms with van der Waals surface area (Å²) in [5, 5.41) is 10.5. The average molecular weight is 265 g/mol. The first-order valence-corrected chi connectivity index (χ1v) is 7.38. The standard InChI is InChI=1S/C12H15N3O2S/c13-10-11-5-4-6-12(9-11)18(16,17)14-15-7-2-1-3-8-15/h4-6,9,14H,1-3,7-8H2. The first-order valence-electron chi connectivity index (χ1n) is 5.89. The maximum absolute atomic E-state index is 12.1. The van der Waals surface area contributed by atoms with Gasteiger partial charge in [-0.2, -0.15) is 5.26 Å². The number of hydrogen-bond donors (Lipinski definition) is 1. The quantitative estimate of drug-likeness (QED) is 0.892. The molecule has 0 spiro atoms. The summed E-state index contributed by atoms with van der Waals surface area (Å²) in [4.78, 5) is 2.69. The number of rotatable bonds is 3. The number of sulfonamides is 1. The van der Waals surface area contributed by atoms with Crippen LogP contribution >= 0.6 is 0 Å². The predicted molar refractivity (Wildman–Crippen MR) is 66.9 cm³/mol. The van der Waals surface area contributed by atoms with Crippen molar-refractivity contribution in [3.63, 3.8) is 0 Å². The molecule has 0 radical (unpaired) electrons. The van der Waals surface area contributed by atoms with Crippen LogP contribution in [-0.2, 0) is 10.0 Å². The third kappa shape index (κ3) is 3.07. The van der Waals surface area contributed by atoms with Gasteiger partial charge in [0, 0.05) is 13.1 Å². The van der Waals surface area contributed by atoms with Gasteiger partial charge in [0.1, 0.15) is 0 Å². The topological polar surface area (TPSA) is 73.2 Å². The number of piperidine rings is 1. The highest BCUT2D eigenvalue weighted by atomic mass is 32.2. The van der Waals surface area contributed by atoms with E-state index < -0.39 is 10.0 Å². The Labute approximate surface area is 107 Å². The van der Waals surface area contributed by atoms with Crippen LogP contribution in [-0.4, -0.2) is 26.5 Å². The minimum absolute atomic E-state index is 0.132. The van der Waals surface area contributed by atoms with Gasteiger partial charge in [0.05, 0.1) is 16.5 Å². The van der Waals surface area contributed by atoms with Crippen molar-refractivity contribution >= 4 is 10.0 Å². The SMILES string of the molecule is N#Cc1cccc(S(=O)(=O)NN2CCCCC2)c1. The largest absolute Gasteiger partial charge is 0.253 e. The summed E-state index contributed by atoms with van der Waals surface area (Å²) in [5.41, 5.74) is 0.344. The second-order valence-electron chi connectivity index (χ2n) is 4.28. The molecule has 0 bridgehead atoms. The lowest BCUT2D eigenvalue weighted by Gasteiger charge is -2.26. The van der Waals surface area contributed by atoms with Crippen LogP contribution in [0.15, 0.2) is 29.2 Å². The maximum Gasteiger partial charge on any atom is 0.253 e. The van der Waals surface area contributed by atoms with Gasteiger partial charge in [-0.15, -0.1) is 4.83 Å². The molecular weight excluding hydrogens is 250 g/mol. The number of nitrogens with zero attached hydrogens (tertiary/aromatic N) is 2. The molecule has 96 valence electrons. The number of benzene rings is 1. The van der Waals surface area contributed by atoms with Crippen LogP contribution in [0.25, 0.3) is 0 Å². The molecule has 1 aromatic carbocycles. The fourth-order valence-electron chi connectivity index (χ4n) is 1.94. The molecule has 0 saturated carbocycles. The van der Waals surface area contributed by atoms with Gasteiger partial charge in [-0.3, -0.25) is 0 Å². The highest BCUT2D eigenvalue weighted by Crippen LogP contribution is 2.13. The van der Waals surface area contributed by atoms with Crippen LogP contribution in [0.5, 0.6) is 0 Å². The Bertz CT molecular complexity index is 557. The fraction of sp³-hybridized carbons (Fsp3) is 0.417. The van der Waals surface area contributed by atoms with Crippen molar-refractivity contribution in [2.45, 2.75) is 24.2 Å². The van der Waals surface area contributed by atoms with Gasteiger partial charge < -0.3 is 0 Å². The average Bonchev–Trinajstić information content (AvgIpc) is 2.39. The lowest BCUT2D eigenvalue weighted by atomic mass is 10.2. The molecule has 1 fully saturated rings. The van der Waals surface area contributed by atoms with E-state index >= 15 is 0 Å². The summed E-state index contributed by atoms with van der Waals surface area (Å²) in [6.07, 6.45) is 3.14. The van der Waals surface area contributed by atoms with E-state index in [2.05, 4.69) is 4.83 Å². The minimum Gasteiger partial charge on any atom is -0.230 e. The van der Waals surface area contributed by atoms with E-state index in [0.717, 1.165) is 32.4 Å². The second kappa shape index (κ2) is 5.48. The van der Waals surface area contributed by atoms with Crippen LogP contribution in [0, 0.1) is 11.3 Å². The van der Waals surface area contributed by atoms with E-state index in [1.54, 1.807) is 17.1 Å². The van der Waals surface area contributed by atoms with E-state index in [9.17, 15) is 8.42 Å². The van der Waals surface area contributed by atoms with Gasteiger partial charge >= 0.3 is 0 Å². The van der Waals surface area contributed by atoms with Crippen LogP contribution in [0.2, 0.25) is 0 Å². The molecule has 1 saturated heterocycles. The molecule has 1 aliphatic heterocycles. The molecule has 1 heterocycles. The van der Waals surface area contributed by atoms with Gasteiger partial charge in [0.25, 0.3) is 10.0 Å². The van der Waals surface area contributed by atoms with Crippen molar-refractivity contribution in [1.29, 1.82) is 5.26 Å². The van der Waals surface area contributed by atoms with Crippen molar-refractivity contribution in [1.82, 2.24) is 9.84 Å². The van der Waals surface area contributed by atoms with Crippen molar-refractivity contribution in [3.8, 4) is 6.07 Å². The van der Waals surface area contributed by atoms with Crippen molar-refractivity contribution in [3.05, 3.63) is 29.8 Å². The van der Waals surface area contributed by atoms with Gasteiger partial charge in [-0.05, 0) is 31.0 Å². The highest BCUT2D eigenvalue weighted by molar-refractivity contribution is 7.89. The first-order chi connectivity index (χ1) is 8.62. The monoisotopic (exact) mass is 265 g/mol. The summed E-state index contributed by atoms with van der Waals surface area (Å²) in [7, 11) is -3.57. The molecule has 0 unspecified atom stereocenters. The zero-order valence-electron chi connectivity index (χ0n) is 9.96. The van der Waals surface area contributed by atoms with E-state index in [4.69, 9.17) is 5.26 Å². The Morgan fingerprint density at radius 2 is 1.94 bits per heavy atom. The molecule has 1 N–H and O–H groups in total. The molecule has 1 aliphatic rings. The molecule has 1 aromatic rings. The zero-order chi connectivity index (χ0) is 13.0. The normalized spacial score (nSPS) is 17.3. The van der Waals surface area contributed by atoms with Crippen LogP contribution < -0.4 is 4.83 Å². The van der Waals surface area contributed by atoms with Gasteiger partial charge in [-0.1, -0.05) is 12.5 Å². The number of nitrogens with one attached hydrogen (secondary N) is 1. The number of hydrogen-bond acceptors (Lipinski definition) is 4. The Kier molecular flexibility index (Phi) is 3.97. The van der Waals surface area contributed by atoms with Crippen LogP contribution in [0.3, 0.4) is 0 Å². The summed E-state index contributed by atoms with van der Waals surface area (Å²) < 4.78 is 24.2. The van der Waals surface area contributed by atoms with E-state index in [0.29, 0.717) is 5.56 Å². The fourth-order valence-corrected chi connectivity index (χ4v) is 3.11. The van der Waals surface area contributed by atoms with Crippen molar-refractivity contribution < 1.29 is 8.42 Å². The summed E-state index contributed by atoms with van der Waals surface area (Å²) in [6.45, 7) is 1.47. The summed E-state index contributed by atoms with van der Waals surface area (Å²) in [6, 6.07) is 7.97. The molecule has 2 rings (SSSR count). The predicted octanol–water partition coefficient (Wildman–Crippen LogP) is 1.24. The third-order valence-corrected chi connectivity index (χ3v) is 4.25. The maximum atomic E-state index is 12.1. The molecule has 0 aliphatic carbocycles. The van der Waals surface area contributed by atoms with Gasteiger partial charge in [0.2, 0.25) is 0 Å². The van der Waals surface area contributed by atoms with Gasteiger partial charge in [-0.25, -0.2) is 13.4 Å². The van der Waals surface area contributed by atoms with E-state index in [-0.39, 0.29) is 4.90 Å². The molecule has 0 atom stereocenters. The molecule has 18 heavy (non-hydrogen) atoms. The van der Waals surface area contributed by atoms with E-state index in [1.807, 2.05) is 6.07 Å². The molecule has 0 amide bonds. The Balaban J connectivity index is 2.17. The number of nitriles is 1. The van der Waals surface area contributed by atoms with Crippen molar-refractivity contribution in [2.75, 3.05) is 13.1 Å². The van der Waals surface area contributed by atoms with Gasteiger partial charge in [0.15, 0.2) is 0 Å². The Hall–Kier alpha value is -1.42. The molecule has 6 heteroatoms. The van der Waals surface area contributed by atoms with Crippen LogP contribution in [0.4, 0.5) is 0 Å².